The van der Waals surface area contributed by atoms with Gasteiger partial charge in [-0.05, 0) is 51.1 Å². The third-order valence-corrected chi connectivity index (χ3v) is 3.76. The van der Waals surface area contributed by atoms with Crippen molar-refractivity contribution in [3.8, 4) is 23.0 Å². The first-order valence-electron chi connectivity index (χ1n) is 8.99. The molecule has 7 heteroatoms. The van der Waals surface area contributed by atoms with Crippen LogP contribution in [0.25, 0.3) is 0 Å². The van der Waals surface area contributed by atoms with Crippen LogP contribution in [0.2, 0.25) is 0 Å². The molecular formula is C21H25NO6. The van der Waals surface area contributed by atoms with Gasteiger partial charge in [0.05, 0.1) is 20.3 Å². The van der Waals surface area contributed by atoms with E-state index >= 15 is 0 Å². The van der Waals surface area contributed by atoms with Gasteiger partial charge >= 0.3 is 0 Å². The quantitative estimate of drug-likeness (QED) is 0.626. The minimum Gasteiger partial charge on any atom is -0.493 e. The summed E-state index contributed by atoms with van der Waals surface area (Å²) in [6.45, 7) is 6.02. The summed E-state index contributed by atoms with van der Waals surface area (Å²) in [7, 11) is 1.47. The summed E-state index contributed by atoms with van der Waals surface area (Å²) >= 11 is 0. The van der Waals surface area contributed by atoms with Crippen LogP contribution in [0.3, 0.4) is 0 Å². The number of benzene rings is 2. The van der Waals surface area contributed by atoms with Crippen LogP contribution in [0.5, 0.6) is 23.0 Å². The lowest BCUT2D eigenvalue weighted by molar-refractivity contribution is -0.118. The fourth-order valence-corrected chi connectivity index (χ4v) is 2.48. The van der Waals surface area contributed by atoms with E-state index in [1.165, 1.54) is 14.0 Å². The smallest absolute Gasteiger partial charge is 0.262 e. The van der Waals surface area contributed by atoms with E-state index in [0.29, 0.717) is 47.5 Å². The highest BCUT2D eigenvalue weighted by atomic mass is 16.5. The monoisotopic (exact) mass is 387 g/mol. The van der Waals surface area contributed by atoms with Crippen molar-refractivity contribution < 1.29 is 28.5 Å². The second-order valence-corrected chi connectivity index (χ2v) is 5.79. The number of methoxy groups -OCH3 is 1. The average molecular weight is 387 g/mol. The van der Waals surface area contributed by atoms with Crippen molar-refractivity contribution in [2.24, 2.45) is 0 Å². The van der Waals surface area contributed by atoms with Crippen molar-refractivity contribution in [3.05, 3.63) is 42.0 Å². The van der Waals surface area contributed by atoms with Crippen molar-refractivity contribution in [2.75, 3.05) is 32.2 Å². The van der Waals surface area contributed by atoms with Crippen LogP contribution >= 0.6 is 0 Å². The van der Waals surface area contributed by atoms with E-state index in [-0.39, 0.29) is 18.3 Å². The number of nitrogens with one attached hydrogen (secondary N) is 1. The van der Waals surface area contributed by atoms with Gasteiger partial charge in [-0.1, -0.05) is 0 Å². The summed E-state index contributed by atoms with van der Waals surface area (Å²) in [6.07, 6.45) is 0. The predicted octanol–water partition coefficient (Wildman–Crippen LogP) is 3.71. The first-order valence-corrected chi connectivity index (χ1v) is 8.99. The molecule has 0 aliphatic carbocycles. The van der Waals surface area contributed by atoms with Crippen LogP contribution in [0.4, 0.5) is 5.69 Å². The van der Waals surface area contributed by atoms with E-state index in [1.807, 2.05) is 13.8 Å². The summed E-state index contributed by atoms with van der Waals surface area (Å²) in [5.74, 6) is 1.52. The Bertz CT molecular complexity index is 834. The summed E-state index contributed by atoms with van der Waals surface area (Å²) in [6, 6.07) is 9.99. The van der Waals surface area contributed by atoms with Gasteiger partial charge in [-0.15, -0.1) is 0 Å². The first-order chi connectivity index (χ1) is 13.5. The molecule has 1 amide bonds. The molecule has 0 atom stereocenters. The van der Waals surface area contributed by atoms with Crippen LogP contribution in [-0.2, 0) is 4.79 Å². The molecule has 2 rings (SSSR count). The van der Waals surface area contributed by atoms with Gasteiger partial charge in [0, 0.05) is 17.3 Å². The van der Waals surface area contributed by atoms with E-state index in [4.69, 9.17) is 18.9 Å². The second-order valence-electron chi connectivity index (χ2n) is 5.79. The molecule has 0 aliphatic rings. The summed E-state index contributed by atoms with van der Waals surface area (Å²) < 4.78 is 21.8. The number of carbonyl (C=O) groups is 2. The Kier molecular flexibility index (Phi) is 7.68. The summed E-state index contributed by atoms with van der Waals surface area (Å²) in [5, 5.41) is 2.75. The van der Waals surface area contributed by atoms with Crippen molar-refractivity contribution in [1.82, 2.24) is 0 Å². The Morgan fingerprint density at radius 1 is 0.857 bits per heavy atom. The Labute approximate surface area is 164 Å². The number of anilines is 1. The maximum absolute atomic E-state index is 12.2. The predicted molar refractivity (Wildman–Crippen MR) is 106 cm³/mol. The van der Waals surface area contributed by atoms with Crippen molar-refractivity contribution >= 4 is 17.4 Å². The van der Waals surface area contributed by atoms with Gasteiger partial charge in [-0.3, -0.25) is 9.59 Å². The molecule has 7 nitrogen and oxygen atoms in total. The molecule has 2 aromatic rings. The summed E-state index contributed by atoms with van der Waals surface area (Å²) in [5.41, 5.74) is 1.07. The van der Waals surface area contributed by atoms with Crippen LogP contribution in [-0.4, -0.2) is 38.6 Å². The van der Waals surface area contributed by atoms with E-state index in [2.05, 4.69) is 5.32 Å². The molecule has 0 aliphatic heterocycles. The van der Waals surface area contributed by atoms with Gasteiger partial charge in [-0.25, -0.2) is 0 Å². The average Bonchev–Trinajstić information content (AvgIpc) is 2.68. The van der Waals surface area contributed by atoms with E-state index in [9.17, 15) is 9.59 Å². The van der Waals surface area contributed by atoms with Crippen LogP contribution in [0.1, 0.15) is 31.1 Å². The normalized spacial score (nSPS) is 10.1. The zero-order valence-corrected chi connectivity index (χ0v) is 16.5. The van der Waals surface area contributed by atoms with E-state index in [1.54, 1.807) is 36.4 Å². The topological polar surface area (TPSA) is 83.1 Å². The maximum Gasteiger partial charge on any atom is 0.262 e. The Hall–Kier alpha value is -3.22. The molecule has 28 heavy (non-hydrogen) atoms. The molecule has 0 radical (unpaired) electrons. The third kappa shape index (κ3) is 5.64. The molecule has 1 N–H and O–H groups in total. The summed E-state index contributed by atoms with van der Waals surface area (Å²) in [4.78, 5) is 23.7. The number of ether oxygens (including phenoxy) is 4. The maximum atomic E-state index is 12.2. The molecular weight excluding hydrogens is 362 g/mol. The molecule has 0 unspecified atom stereocenters. The molecule has 0 saturated heterocycles. The minimum atomic E-state index is -0.343. The van der Waals surface area contributed by atoms with Crippen molar-refractivity contribution in [2.45, 2.75) is 20.8 Å². The Morgan fingerprint density at radius 2 is 1.50 bits per heavy atom. The minimum absolute atomic E-state index is 0.0804. The van der Waals surface area contributed by atoms with Gasteiger partial charge in [0.2, 0.25) is 0 Å². The van der Waals surface area contributed by atoms with Crippen LogP contribution in [0.15, 0.2) is 36.4 Å². The molecule has 2 aromatic carbocycles. The van der Waals surface area contributed by atoms with Gasteiger partial charge in [0.25, 0.3) is 5.91 Å². The lowest BCUT2D eigenvalue weighted by atomic mass is 10.1. The molecule has 0 saturated carbocycles. The number of carbonyl (C=O) groups excluding carboxylic acids is 2. The van der Waals surface area contributed by atoms with Gasteiger partial charge in [0.15, 0.2) is 35.4 Å². The van der Waals surface area contributed by atoms with E-state index < -0.39 is 0 Å². The molecule has 0 bridgehead atoms. The number of ketones is 1. The number of hydrogen-bond acceptors (Lipinski definition) is 6. The molecule has 0 fully saturated rings. The van der Waals surface area contributed by atoms with E-state index in [0.717, 1.165) is 0 Å². The fourth-order valence-electron chi connectivity index (χ4n) is 2.48. The van der Waals surface area contributed by atoms with Gasteiger partial charge in [-0.2, -0.15) is 0 Å². The molecule has 0 aromatic heterocycles. The highest BCUT2D eigenvalue weighted by molar-refractivity contribution is 5.95. The number of Topliss-reactive ketones (excluding diaryl/α,β-unsaturated/α-hetero) is 1. The third-order valence-electron chi connectivity index (χ3n) is 3.76. The number of rotatable bonds is 10. The largest absolute Gasteiger partial charge is 0.493 e. The van der Waals surface area contributed by atoms with Crippen molar-refractivity contribution in [3.63, 3.8) is 0 Å². The lowest BCUT2D eigenvalue weighted by Gasteiger charge is -2.14. The highest BCUT2D eigenvalue weighted by Crippen LogP contribution is 2.31. The van der Waals surface area contributed by atoms with Crippen LogP contribution < -0.4 is 24.3 Å². The molecule has 0 spiro atoms. The molecule has 150 valence electrons. The second kappa shape index (κ2) is 10.2. The van der Waals surface area contributed by atoms with Crippen molar-refractivity contribution in [1.29, 1.82) is 0 Å². The Morgan fingerprint density at radius 3 is 2.14 bits per heavy atom. The van der Waals surface area contributed by atoms with Crippen LogP contribution in [0, 0.1) is 0 Å². The molecule has 0 heterocycles. The zero-order chi connectivity index (χ0) is 20.5. The SMILES string of the molecule is CCOc1ccc(NC(=O)COc2ccc(C(C)=O)cc2OC)cc1OCC. The standard InChI is InChI=1S/C21H25NO6/c1-5-26-18-10-8-16(12-20(18)27-6-2)22-21(24)13-28-17-9-7-15(14(3)23)11-19(17)25-4/h7-12H,5-6,13H2,1-4H3,(H,22,24). The van der Waals surface area contributed by atoms with Gasteiger partial charge < -0.3 is 24.3 Å². The van der Waals surface area contributed by atoms with Gasteiger partial charge in [0.1, 0.15) is 0 Å². The Balaban J connectivity index is 2.02. The number of hydrogen-bond donors (Lipinski definition) is 1. The first kappa shape index (κ1) is 21.1. The fraction of sp³-hybridized carbons (Fsp3) is 0.333. The number of amides is 1. The highest BCUT2D eigenvalue weighted by Gasteiger charge is 2.12. The lowest BCUT2D eigenvalue weighted by Crippen LogP contribution is -2.20. The zero-order valence-electron chi connectivity index (χ0n) is 16.5.